The van der Waals surface area contributed by atoms with Gasteiger partial charge in [0.25, 0.3) is 0 Å². The molecule has 5 nitrogen and oxygen atoms in total. The van der Waals surface area contributed by atoms with Gasteiger partial charge in [-0.2, -0.15) is 0 Å². The predicted molar refractivity (Wildman–Crippen MR) is 72.7 cm³/mol. The molecule has 0 aromatic carbocycles. The van der Waals surface area contributed by atoms with Gasteiger partial charge in [0.05, 0.1) is 5.69 Å². The van der Waals surface area contributed by atoms with Gasteiger partial charge in [-0.1, -0.05) is 0 Å². The molecule has 2 aromatic heterocycles. The van der Waals surface area contributed by atoms with Crippen LogP contribution in [0.4, 0.5) is 0 Å². The summed E-state index contributed by atoms with van der Waals surface area (Å²) in [5.74, 6) is 1.40. The first-order valence-electron chi connectivity index (χ1n) is 6.97. The Morgan fingerprint density at radius 2 is 2.37 bits per heavy atom. The second kappa shape index (κ2) is 5.67. The van der Waals surface area contributed by atoms with Crippen LogP contribution in [0.15, 0.2) is 24.7 Å². The molecule has 19 heavy (non-hydrogen) atoms. The molecule has 1 aliphatic rings. The molecule has 5 heteroatoms. The van der Waals surface area contributed by atoms with Gasteiger partial charge >= 0.3 is 0 Å². The van der Waals surface area contributed by atoms with E-state index in [1.54, 1.807) is 6.20 Å². The quantitative estimate of drug-likeness (QED) is 0.901. The molecule has 1 aliphatic heterocycles. The first-order chi connectivity index (χ1) is 9.35. The highest BCUT2D eigenvalue weighted by molar-refractivity contribution is 5.29. The molecule has 0 radical (unpaired) electrons. The minimum atomic E-state index is 0.302. The first kappa shape index (κ1) is 12.6. The summed E-state index contributed by atoms with van der Waals surface area (Å²) in [6.07, 6.45) is 9.18. The van der Waals surface area contributed by atoms with Gasteiger partial charge in [-0.25, -0.2) is 9.97 Å². The molecule has 3 heterocycles. The Hall–Kier alpha value is -1.46. The van der Waals surface area contributed by atoms with Crippen LogP contribution in [0.5, 0.6) is 0 Å². The van der Waals surface area contributed by atoms with Gasteiger partial charge in [-0.05, 0) is 37.8 Å². The molecule has 1 fully saturated rings. The van der Waals surface area contributed by atoms with E-state index in [2.05, 4.69) is 21.1 Å². The minimum absolute atomic E-state index is 0.302. The Labute approximate surface area is 112 Å². The van der Waals surface area contributed by atoms with Crippen LogP contribution in [0.25, 0.3) is 5.78 Å². The molecular weight excluding hydrogens is 240 g/mol. The van der Waals surface area contributed by atoms with Crippen molar-refractivity contribution in [2.75, 3.05) is 19.7 Å². The lowest BCUT2D eigenvalue weighted by Crippen LogP contribution is -2.35. The van der Waals surface area contributed by atoms with Crippen LogP contribution in [0.1, 0.15) is 25.0 Å². The summed E-state index contributed by atoms with van der Waals surface area (Å²) in [7, 11) is 0. The number of rotatable bonds is 4. The number of imidazole rings is 1. The van der Waals surface area contributed by atoms with Crippen molar-refractivity contribution in [3.63, 3.8) is 0 Å². The summed E-state index contributed by atoms with van der Waals surface area (Å²) in [6.45, 7) is 3.38. The summed E-state index contributed by atoms with van der Waals surface area (Å²) < 4.78 is 1.96. The number of aromatic nitrogens is 3. The molecule has 0 saturated carbocycles. The van der Waals surface area contributed by atoms with Gasteiger partial charge in [0.2, 0.25) is 5.78 Å². The molecule has 1 saturated heterocycles. The maximum atomic E-state index is 9.05. The van der Waals surface area contributed by atoms with Crippen molar-refractivity contribution in [3.05, 3.63) is 30.4 Å². The predicted octanol–water partition coefficient (Wildman–Crippen LogP) is 1.32. The number of fused-ring (bicyclic) bond motifs is 1. The molecule has 0 bridgehead atoms. The van der Waals surface area contributed by atoms with Crippen LogP contribution in [-0.4, -0.2) is 44.1 Å². The van der Waals surface area contributed by atoms with Crippen molar-refractivity contribution in [3.8, 4) is 0 Å². The Morgan fingerprint density at radius 1 is 1.42 bits per heavy atom. The third-order valence-electron chi connectivity index (χ3n) is 3.81. The zero-order valence-electron chi connectivity index (χ0n) is 11.1. The minimum Gasteiger partial charge on any atom is -0.396 e. The molecule has 0 aliphatic carbocycles. The normalized spacial score (nSPS) is 21.0. The van der Waals surface area contributed by atoms with Gasteiger partial charge < -0.3 is 5.11 Å². The number of hydrogen-bond donors (Lipinski definition) is 1. The zero-order chi connectivity index (χ0) is 13.1. The topological polar surface area (TPSA) is 53.7 Å². The molecule has 1 N–H and O–H groups in total. The maximum absolute atomic E-state index is 9.05. The molecule has 2 aromatic rings. The van der Waals surface area contributed by atoms with E-state index in [4.69, 9.17) is 5.11 Å². The van der Waals surface area contributed by atoms with E-state index >= 15 is 0 Å². The molecule has 3 rings (SSSR count). The summed E-state index contributed by atoms with van der Waals surface area (Å²) in [4.78, 5) is 11.2. The molecule has 0 spiro atoms. The fourth-order valence-corrected chi connectivity index (χ4v) is 2.90. The summed E-state index contributed by atoms with van der Waals surface area (Å²) in [6, 6.07) is 1.91. The van der Waals surface area contributed by atoms with E-state index in [0.29, 0.717) is 12.5 Å². The Morgan fingerprint density at radius 3 is 3.21 bits per heavy atom. The smallest absolute Gasteiger partial charge is 0.233 e. The largest absolute Gasteiger partial charge is 0.396 e. The van der Waals surface area contributed by atoms with E-state index in [1.165, 1.54) is 12.8 Å². The molecule has 1 unspecified atom stereocenters. The SMILES string of the molecule is OCCC1CCCN(Cc2cn3cccnc3n2)C1. The van der Waals surface area contributed by atoms with Crippen LogP contribution in [0, 0.1) is 5.92 Å². The molecule has 102 valence electrons. The summed E-state index contributed by atoms with van der Waals surface area (Å²) in [5, 5.41) is 9.05. The van der Waals surface area contributed by atoms with Gasteiger partial charge in [0, 0.05) is 38.3 Å². The monoisotopic (exact) mass is 260 g/mol. The van der Waals surface area contributed by atoms with Gasteiger partial charge in [0.1, 0.15) is 0 Å². The highest BCUT2D eigenvalue weighted by atomic mass is 16.3. The molecule has 0 amide bonds. The molecule has 1 atom stereocenters. The third-order valence-corrected chi connectivity index (χ3v) is 3.81. The van der Waals surface area contributed by atoms with E-state index < -0.39 is 0 Å². The number of likely N-dealkylation sites (tertiary alicyclic amines) is 1. The van der Waals surface area contributed by atoms with E-state index in [9.17, 15) is 0 Å². The van der Waals surface area contributed by atoms with Crippen LogP contribution in [-0.2, 0) is 6.54 Å². The van der Waals surface area contributed by atoms with Crippen LogP contribution in [0.2, 0.25) is 0 Å². The second-order valence-corrected chi connectivity index (χ2v) is 5.31. The fraction of sp³-hybridized carbons (Fsp3) is 0.571. The second-order valence-electron chi connectivity index (χ2n) is 5.31. The Kier molecular flexibility index (Phi) is 3.75. The zero-order valence-corrected chi connectivity index (χ0v) is 11.1. The summed E-state index contributed by atoms with van der Waals surface area (Å²) in [5.41, 5.74) is 1.07. The van der Waals surface area contributed by atoms with Gasteiger partial charge in [-0.3, -0.25) is 9.30 Å². The van der Waals surface area contributed by atoms with Crippen LogP contribution >= 0.6 is 0 Å². The number of aliphatic hydroxyl groups excluding tert-OH is 1. The number of piperidine rings is 1. The van der Waals surface area contributed by atoms with Crippen molar-refractivity contribution >= 4 is 5.78 Å². The fourth-order valence-electron chi connectivity index (χ4n) is 2.90. The lowest BCUT2D eigenvalue weighted by molar-refractivity contribution is 0.141. The van der Waals surface area contributed by atoms with Crippen molar-refractivity contribution in [2.45, 2.75) is 25.8 Å². The lowest BCUT2D eigenvalue weighted by Gasteiger charge is -2.31. The van der Waals surface area contributed by atoms with Gasteiger partial charge in [-0.15, -0.1) is 0 Å². The number of hydrogen-bond acceptors (Lipinski definition) is 4. The van der Waals surface area contributed by atoms with Crippen molar-refractivity contribution < 1.29 is 5.11 Å². The van der Waals surface area contributed by atoms with E-state index in [-0.39, 0.29) is 0 Å². The van der Waals surface area contributed by atoms with Crippen molar-refractivity contribution in [2.24, 2.45) is 5.92 Å². The van der Waals surface area contributed by atoms with E-state index in [1.807, 2.05) is 16.7 Å². The average Bonchev–Trinajstić information content (AvgIpc) is 2.81. The van der Waals surface area contributed by atoms with Gasteiger partial charge in [0.15, 0.2) is 0 Å². The van der Waals surface area contributed by atoms with Crippen LogP contribution < -0.4 is 0 Å². The lowest BCUT2D eigenvalue weighted by atomic mass is 9.95. The Bertz CT molecular complexity index is 504. The van der Waals surface area contributed by atoms with E-state index in [0.717, 1.165) is 37.5 Å². The third kappa shape index (κ3) is 2.93. The van der Waals surface area contributed by atoms with Crippen molar-refractivity contribution in [1.82, 2.24) is 19.3 Å². The average molecular weight is 260 g/mol. The number of nitrogens with zero attached hydrogens (tertiary/aromatic N) is 4. The maximum Gasteiger partial charge on any atom is 0.233 e. The van der Waals surface area contributed by atoms with Crippen LogP contribution in [0.3, 0.4) is 0 Å². The number of aliphatic hydroxyl groups is 1. The van der Waals surface area contributed by atoms with Crippen molar-refractivity contribution in [1.29, 1.82) is 0 Å². The highest BCUT2D eigenvalue weighted by Gasteiger charge is 2.20. The molecular formula is C14H20N4O. The highest BCUT2D eigenvalue weighted by Crippen LogP contribution is 2.20. The standard InChI is InChI=1S/C14H20N4O/c19-8-4-12-3-1-6-17(9-12)10-13-11-18-7-2-5-15-14(18)16-13/h2,5,7,11-12,19H,1,3-4,6,8-10H2. The first-order valence-corrected chi connectivity index (χ1v) is 6.97. The summed E-state index contributed by atoms with van der Waals surface area (Å²) >= 11 is 0. The Balaban J connectivity index is 1.67.